The Morgan fingerprint density at radius 2 is 1.92 bits per heavy atom. The molecule has 3 rings (SSSR count). The molecule has 0 saturated heterocycles. The quantitative estimate of drug-likeness (QED) is 0.750. The number of benzene rings is 1. The number of pyridine rings is 1. The number of imidazole rings is 1. The highest BCUT2D eigenvalue weighted by Crippen LogP contribution is 2.21. The van der Waals surface area contributed by atoms with Crippen LogP contribution in [0.3, 0.4) is 0 Å². The average Bonchev–Trinajstić information content (AvgIpc) is 2.98. The van der Waals surface area contributed by atoms with Crippen molar-refractivity contribution in [3.8, 4) is 11.5 Å². The van der Waals surface area contributed by atoms with E-state index in [2.05, 4.69) is 10.3 Å². The van der Waals surface area contributed by atoms with Gasteiger partial charge in [0.2, 0.25) is 0 Å². The second-order valence-corrected chi connectivity index (χ2v) is 5.67. The van der Waals surface area contributed by atoms with E-state index in [4.69, 9.17) is 9.47 Å². The van der Waals surface area contributed by atoms with Crippen molar-refractivity contribution in [2.24, 2.45) is 0 Å². The molecule has 1 aromatic carbocycles. The Hall–Kier alpha value is -3.02. The summed E-state index contributed by atoms with van der Waals surface area (Å²) < 4.78 is 12.2. The maximum absolute atomic E-state index is 12.6. The van der Waals surface area contributed by atoms with E-state index in [1.807, 2.05) is 49.5 Å². The molecule has 6 heteroatoms. The molecule has 1 amide bonds. The summed E-state index contributed by atoms with van der Waals surface area (Å²) in [5.74, 6) is 1.32. The van der Waals surface area contributed by atoms with Crippen LogP contribution in [-0.4, -0.2) is 36.1 Å². The predicted molar refractivity (Wildman–Crippen MR) is 95.5 cm³/mol. The molecule has 6 nitrogen and oxygen atoms in total. The third-order valence-corrected chi connectivity index (χ3v) is 4.08. The number of rotatable bonds is 6. The van der Waals surface area contributed by atoms with Crippen LogP contribution in [0.25, 0.3) is 5.65 Å². The molecule has 130 valence electrons. The van der Waals surface area contributed by atoms with E-state index in [1.54, 1.807) is 18.6 Å². The molecule has 0 aliphatic carbocycles. The van der Waals surface area contributed by atoms with Crippen molar-refractivity contribution < 1.29 is 14.3 Å². The van der Waals surface area contributed by atoms with E-state index in [-0.39, 0.29) is 5.91 Å². The summed E-state index contributed by atoms with van der Waals surface area (Å²) in [5.41, 5.74) is 2.98. The Bertz CT molecular complexity index is 885. The van der Waals surface area contributed by atoms with Gasteiger partial charge < -0.3 is 14.8 Å². The number of nitrogens with one attached hydrogen (secondary N) is 1. The van der Waals surface area contributed by atoms with E-state index in [9.17, 15) is 4.79 Å². The minimum atomic E-state index is -0.147. The Morgan fingerprint density at radius 1 is 1.16 bits per heavy atom. The smallest absolute Gasteiger partial charge is 0.270 e. The van der Waals surface area contributed by atoms with E-state index in [1.165, 1.54) is 0 Å². The predicted octanol–water partition coefficient (Wildman–Crippen LogP) is 2.63. The van der Waals surface area contributed by atoms with Crippen LogP contribution in [0.2, 0.25) is 0 Å². The number of amides is 1. The fraction of sp³-hybridized carbons (Fsp3) is 0.263. The maximum Gasteiger partial charge on any atom is 0.270 e. The van der Waals surface area contributed by atoms with E-state index in [0.29, 0.717) is 29.3 Å². The first-order valence-corrected chi connectivity index (χ1v) is 8.07. The average molecular weight is 339 g/mol. The van der Waals surface area contributed by atoms with E-state index < -0.39 is 0 Å². The van der Waals surface area contributed by atoms with Crippen LogP contribution in [-0.2, 0) is 6.42 Å². The van der Waals surface area contributed by atoms with Crippen LogP contribution in [0.5, 0.6) is 11.5 Å². The summed E-state index contributed by atoms with van der Waals surface area (Å²) in [6.07, 6.45) is 2.56. The van der Waals surface area contributed by atoms with Crippen LogP contribution in [0.15, 0.2) is 42.6 Å². The number of hydrogen-bond acceptors (Lipinski definition) is 4. The summed E-state index contributed by atoms with van der Waals surface area (Å²) in [7, 11) is 3.23. The standard InChI is InChI=1S/C19H21N3O3/c1-13-17(22-12-4-5-16(25-3)18(22)21-13)19(23)20-11-10-14-6-8-15(24-2)9-7-14/h4-9,12H,10-11H2,1-3H3,(H,20,23). The highest BCUT2D eigenvalue weighted by atomic mass is 16.5. The molecule has 0 atom stereocenters. The van der Waals surface area contributed by atoms with Crippen molar-refractivity contribution in [1.82, 2.24) is 14.7 Å². The van der Waals surface area contributed by atoms with Crippen molar-refractivity contribution in [1.29, 1.82) is 0 Å². The van der Waals surface area contributed by atoms with Crippen LogP contribution in [0, 0.1) is 6.92 Å². The molecule has 0 radical (unpaired) electrons. The second-order valence-electron chi connectivity index (χ2n) is 5.67. The Kier molecular flexibility index (Phi) is 4.88. The van der Waals surface area contributed by atoms with Gasteiger partial charge in [-0.1, -0.05) is 12.1 Å². The minimum Gasteiger partial charge on any atom is -0.497 e. The second kappa shape index (κ2) is 7.25. The summed E-state index contributed by atoms with van der Waals surface area (Å²) >= 11 is 0. The molecule has 0 saturated carbocycles. The fourth-order valence-corrected chi connectivity index (χ4v) is 2.79. The molecule has 2 aromatic heterocycles. The number of ether oxygens (including phenoxy) is 2. The van der Waals surface area contributed by atoms with Gasteiger partial charge in [0, 0.05) is 12.7 Å². The molecule has 3 aromatic rings. The van der Waals surface area contributed by atoms with Gasteiger partial charge in [0.15, 0.2) is 11.4 Å². The zero-order chi connectivity index (χ0) is 17.8. The SMILES string of the molecule is COc1ccc(CCNC(=O)c2c(C)nc3c(OC)cccn23)cc1. The zero-order valence-electron chi connectivity index (χ0n) is 14.6. The molecule has 0 spiro atoms. The highest BCUT2D eigenvalue weighted by molar-refractivity contribution is 5.95. The molecular formula is C19H21N3O3. The molecule has 0 bridgehead atoms. The van der Waals surface area contributed by atoms with Gasteiger partial charge in [-0.2, -0.15) is 0 Å². The van der Waals surface area contributed by atoms with Gasteiger partial charge in [-0.3, -0.25) is 9.20 Å². The van der Waals surface area contributed by atoms with Gasteiger partial charge in [-0.05, 0) is 43.2 Å². The van der Waals surface area contributed by atoms with Crippen molar-refractivity contribution in [2.75, 3.05) is 20.8 Å². The monoisotopic (exact) mass is 339 g/mol. The van der Waals surface area contributed by atoms with Gasteiger partial charge in [0.05, 0.1) is 19.9 Å². The highest BCUT2D eigenvalue weighted by Gasteiger charge is 2.18. The molecule has 0 aliphatic heterocycles. The van der Waals surface area contributed by atoms with Gasteiger partial charge in [0.25, 0.3) is 5.91 Å². The number of methoxy groups -OCH3 is 2. The lowest BCUT2D eigenvalue weighted by Crippen LogP contribution is -2.27. The Labute approximate surface area is 146 Å². The number of hydrogen-bond donors (Lipinski definition) is 1. The Morgan fingerprint density at radius 3 is 2.60 bits per heavy atom. The van der Waals surface area contributed by atoms with Crippen LogP contribution < -0.4 is 14.8 Å². The van der Waals surface area contributed by atoms with Crippen LogP contribution in [0.4, 0.5) is 0 Å². The van der Waals surface area contributed by atoms with Gasteiger partial charge in [-0.25, -0.2) is 4.98 Å². The van der Waals surface area contributed by atoms with Crippen LogP contribution >= 0.6 is 0 Å². The summed E-state index contributed by atoms with van der Waals surface area (Å²) in [6, 6.07) is 11.5. The first kappa shape index (κ1) is 16.8. The Balaban J connectivity index is 1.71. The molecular weight excluding hydrogens is 318 g/mol. The fourth-order valence-electron chi connectivity index (χ4n) is 2.79. The largest absolute Gasteiger partial charge is 0.497 e. The van der Waals surface area contributed by atoms with Crippen molar-refractivity contribution >= 4 is 11.6 Å². The minimum absolute atomic E-state index is 0.147. The molecule has 2 heterocycles. The van der Waals surface area contributed by atoms with Crippen molar-refractivity contribution in [3.05, 3.63) is 59.5 Å². The molecule has 1 N–H and O–H groups in total. The molecule has 0 unspecified atom stereocenters. The van der Waals surface area contributed by atoms with Crippen LogP contribution in [0.1, 0.15) is 21.7 Å². The van der Waals surface area contributed by atoms with E-state index >= 15 is 0 Å². The van der Waals surface area contributed by atoms with Crippen molar-refractivity contribution in [3.63, 3.8) is 0 Å². The number of carbonyl (C=O) groups excluding carboxylic acids is 1. The first-order valence-electron chi connectivity index (χ1n) is 8.07. The first-order chi connectivity index (χ1) is 12.1. The number of nitrogens with zero attached hydrogens (tertiary/aromatic N) is 2. The summed E-state index contributed by atoms with van der Waals surface area (Å²) in [4.78, 5) is 17.1. The van der Waals surface area contributed by atoms with Crippen molar-refractivity contribution in [2.45, 2.75) is 13.3 Å². The lowest BCUT2D eigenvalue weighted by atomic mass is 10.1. The number of fused-ring (bicyclic) bond motifs is 1. The third kappa shape index (κ3) is 3.42. The molecule has 0 fully saturated rings. The summed E-state index contributed by atoms with van der Waals surface area (Å²) in [6.45, 7) is 2.37. The number of aromatic nitrogens is 2. The van der Waals surface area contributed by atoms with Gasteiger partial charge >= 0.3 is 0 Å². The lowest BCUT2D eigenvalue weighted by molar-refractivity contribution is 0.0947. The number of aryl methyl sites for hydroxylation is 1. The third-order valence-electron chi connectivity index (χ3n) is 4.08. The molecule has 25 heavy (non-hydrogen) atoms. The molecule has 0 aliphatic rings. The van der Waals surface area contributed by atoms with Gasteiger partial charge in [-0.15, -0.1) is 0 Å². The topological polar surface area (TPSA) is 64.9 Å². The number of carbonyl (C=O) groups is 1. The maximum atomic E-state index is 12.6. The van der Waals surface area contributed by atoms with E-state index in [0.717, 1.165) is 17.7 Å². The zero-order valence-corrected chi connectivity index (χ0v) is 14.6. The van der Waals surface area contributed by atoms with Gasteiger partial charge in [0.1, 0.15) is 11.4 Å². The lowest BCUT2D eigenvalue weighted by Gasteiger charge is -2.07. The normalized spacial score (nSPS) is 10.7. The summed E-state index contributed by atoms with van der Waals surface area (Å²) in [5, 5.41) is 2.96.